The lowest BCUT2D eigenvalue weighted by Crippen LogP contribution is -1.58. The van der Waals surface area contributed by atoms with Crippen molar-refractivity contribution >= 4 is 0 Å². The predicted octanol–water partition coefficient (Wildman–Crippen LogP) is 2.62. The first-order valence-electron chi connectivity index (χ1n) is 3.57. The largest absolute Gasteiger partial charge is 0.198 e. The summed E-state index contributed by atoms with van der Waals surface area (Å²) in [5.74, 6) is 0. The molecule has 0 amide bonds. The van der Waals surface area contributed by atoms with Crippen molar-refractivity contribution in [2.75, 3.05) is 0 Å². The normalized spacial score (nSPS) is 6.40. The SMILES string of the molecule is CCCC.N#CCCC#N. The molecule has 0 radical (unpaired) electrons. The van der Waals surface area contributed by atoms with Crippen molar-refractivity contribution in [2.45, 2.75) is 39.5 Å². The van der Waals surface area contributed by atoms with Crippen molar-refractivity contribution in [1.82, 2.24) is 0 Å². The minimum atomic E-state index is 0.358. The Balaban J connectivity index is 0. The third-order valence-electron chi connectivity index (χ3n) is 0.849. The number of nitriles is 2. The van der Waals surface area contributed by atoms with E-state index >= 15 is 0 Å². The molecule has 0 aliphatic carbocycles. The van der Waals surface area contributed by atoms with Crippen LogP contribution >= 0.6 is 0 Å². The third kappa shape index (κ3) is 28.1. The van der Waals surface area contributed by atoms with Gasteiger partial charge in [-0.2, -0.15) is 10.5 Å². The van der Waals surface area contributed by atoms with Crippen LogP contribution in [0.1, 0.15) is 39.5 Å². The Bertz CT molecular complexity index is 100. The Morgan fingerprint density at radius 1 is 0.900 bits per heavy atom. The molecule has 0 saturated carbocycles. The van der Waals surface area contributed by atoms with Gasteiger partial charge in [0.15, 0.2) is 0 Å². The molecule has 0 N–H and O–H groups in total. The minimum Gasteiger partial charge on any atom is -0.198 e. The van der Waals surface area contributed by atoms with Crippen molar-refractivity contribution in [3.05, 3.63) is 0 Å². The summed E-state index contributed by atoms with van der Waals surface area (Å²) in [5, 5.41) is 15.6. The van der Waals surface area contributed by atoms with E-state index in [1.54, 1.807) is 0 Å². The molecule has 0 saturated heterocycles. The number of unbranched alkanes of at least 4 members (excludes halogenated alkanes) is 2. The quantitative estimate of drug-likeness (QED) is 0.550. The topological polar surface area (TPSA) is 47.6 Å². The molecule has 2 heteroatoms. The average Bonchev–Trinajstić information content (AvgIpc) is 2.01. The average molecular weight is 138 g/mol. The zero-order valence-electron chi connectivity index (χ0n) is 6.72. The van der Waals surface area contributed by atoms with Gasteiger partial charge in [0.1, 0.15) is 0 Å². The van der Waals surface area contributed by atoms with Crippen LogP contribution in [0.2, 0.25) is 0 Å². The molecular formula is C8H14N2. The van der Waals surface area contributed by atoms with E-state index in [9.17, 15) is 0 Å². The van der Waals surface area contributed by atoms with Crippen molar-refractivity contribution in [2.24, 2.45) is 0 Å². The van der Waals surface area contributed by atoms with Crippen LogP contribution in [0.15, 0.2) is 0 Å². The highest BCUT2D eigenvalue weighted by Gasteiger charge is 1.72. The second-order valence-electron chi connectivity index (χ2n) is 1.82. The molecule has 0 bridgehead atoms. The Morgan fingerprint density at radius 3 is 1.30 bits per heavy atom. The Morgan fingerprint density at radius 2 is 1.20 bits per heavy atom. The number of rotatable bonds is 2. The van der Waals surface area contributed by atoms with Gasteiger partial charge in [-0.3, -0.25) is 0 Å². The maximum Gasteiger partial charge on any atom is 0.0632 e. The van der Waals surface area contributed by atoms with E-state index < -0.39 is 0 Å². The number of hydrogen-bond acceptors (Lipinski definition) is 2. The highest BCUT2D eigenvalue weighted by molar-refractivity contribution is 4.78. The molecule has 0 aromatic rings. The Labute approximate surface area is 63.1 Å². The molecule has 0 aliphatic rings. The van der Waals surface area contributed by atoms with Crippen LogP contribution < -0.4 is 0 Å². The summed E-state index contributed by atoms with van der Waals surface area (Å²) >= 11 is 0. The molecule has 0 aliphatic heterocycles. The molecule has 0 spiro atoms. The molecule has 0 rings (SSSR count). The fourth-order valence-electron chi connectivity index (χ4n) is 0.112. The summed E-state index contributed by atoms with van der Waals surface area (Å²) < 4.78 is 0. The maximum atomic E-state index is 7.80. The van der Waals surface area contributed by atoms with Gasteiger partial charge in [-0.25, -0.2) is 0 Å². The van der Waals surface area contributed by atoms with E-state index in [1.807, 2.05) is 12.1 Å². The van der Waals surface area contributed by atoms with E-state index in [0.29, 0.717) is 12.8 Å². The zero-order chi connectivity index (χ0) is 8.24. The summed E-state index contributed by atoms with van der Waals surface area (Å²) in [5.41, 5.74) is 0. The molecule has 0 fully saturated rings. The van der Waals surface area contributed by atoms with Crippen LogP contribution in [0.5, 0.6) is 0 Å². The lowest BCUT2D eigenvalue weighted by atomic mass is 10.4. The van der Waals surface area contributed by atoms with Gasteiger partial charge in [-0.1, -0.05) is 26.7 Å². The first-order valence-corrected chi connectivity index (χ1v) is 3.57. The molecule has 0 atom stereocenters. The molecule has 0 aromatic heterocycles. The van der Waals surface area contributed by atoms with E-state index in [0.717, 1.165) is 0 Å². The summed E-state index contributed by atoms with van der Waals surface area (Å²) in [6, 6.07) is 3.69. The molecule has 0 unspecified atom stereocenters. The minimum absolute atomic E-state index is 0.358. The fraction of sp³-hybridized carbons (Fsp3) is 0.750. The highest BCUT2D eigenvalue weighted by atomic mass is 14.2. The lowest BCUT2D eigenvalue weighted by molar-refractivity contribution is 0.886. The van der Waals surface area contributed by atoms with Gasteiger partial charge in [0.2, 0.25) is 0 Å². The van der Waals surface area contributed by atoms with Crippen molar-refractivity contribution in [1.29, 1.82) is 10.5 Å². The zero-order valence-corrected chi connectivity index (χ0v) is 6.72. The van der Waals surface area contributed by atoms with Gasteiger partial charge in [0.25, 0.3) is 0 Å². The second-order valence-corrected chi connectivity index (χ2v) is 1.82. The van der Waals surface area contributed by atoms with Crippen LogP contribution in [0.3, 0.4) is 0 Å². The molecule has 10 heavy (non-hydrogen) atoms. The summed E-state index contributed by atoms with van der Waals surface area (Å²) in [6.07, 6.45) is 3.35. The van der Waals surface area contributed by atoms with Crippen LogP contribution in [0.25, 0.3) is 0 Å². The maximum absolute atomic E-state index is 7.80. The first kappa shape index (κ1) is 11.7. The lowest BCUT2D eigenvalue weighted by Gasteiger charge is -1.68. The first-order chi connectivity index (χ1) is 4.83. The molecule has 0 heterocycles. The molecule has 0 aromatic carbocycles. The summed E-state index contributed by atoms with van der Waals surface area (Å²) in [6.45, 7) is 4.36. The van der Waals surface area contributed by atoms with Gasteiger partial charge in [0.05, 0.1) is 12.1 Å². The molecule has 2 nitrogen and oxygen atoms in total. The van der Waals surface area contributed by atoms with E-state index in [1.165, 1.54) is 12.8 Å². The van der Waals surface area contributed by atoms with Crippen LogP contribution in [0.4, 0.5) is 0 Å². The smallest absolute Gasteiger partial charge is 0.0632 e. The molecular weight excluding hydrogens is 124 g/mol. The Hall–Kier alpha value is -1.02. The number of nitrogens with zero attached hydrogens (tertiary/aromatic N) is 2. The summed E-state index contributed by atoms with van der Waals surface area (Å²) in [4.78, 5) is 0. The van der Waals surface area contributed by atoms with E-state index in [4.69, 9.17) is 10.5 Å². The van der Waals surface area contributed by atoms with E-state index in [2.05, 4.69) is 13.8 Å². The predicted molar refractivity (Wildman–Crippen MR) is 41.0 cm³/mol. The monoisotopic (exact) mass is 138 g/mol. The van der Waals surface area contributed by atoms with Crippen molar-refractivity contribution in [3.8, 4) is 12.1 Å². The van der Waals surface area contributed by atoms with Crippen LogP contribution in [-0.2, 0) is 0 Å². The van der Waals surface area contributed by atoms with Gasteiger partial charge >= 0.3 is 0 Å². The highest BCUT2D eigenvalue weighted by Crippen LogP contribution is 1.78. The van der Waals surface area contributed by atoms with Crippen LogP contribution in [0, 0.1) is 22.7 Å². The third-order valence-corrected chi connectivity index (χ3v) is 0.849. The van der Waals surface area contributed by atoms with Gasteiger partial charge in [-0.05, 0) is 0 Å². The van der Waals surface area contributed by atoms with Gasteiger partial charge < -0.3 is 0 Å². The Kier molecular flexibility index (Phi) is 18.4. The van der Waals surface area contributed by atoms with Gasteiger partial charge in [-0.15, -0.1) is 0 Å². The second kappa shape index (κ2) is 15.7. The van der Waals surface area contributed by atoms with Crippen molar-refractivity contribution < 1.29 is 0 Å². The van der Waals surface area contributed by atoms with E-state index in [-0.39, 0.29) is 0 Å². The standard InChI is InChI=1S/C4H4N2.C4H10/c5-3-1-2-4-6;1-3-4-2/h1-2H2;3-4H2,1-2H3. The fourth-order valence-corrected chi connectivity index (χ4v) is 0.112. The van der Waals surface area contributed by atoms with Crippen LogP contribution in [-0.4, -0.2) is 0 Å². The van der Waals surface area contributed by atoms with Crippen molar-refractivity contribution in [3.63, 3.8) is 0 Å². The summed E-state index contributed by atoms with van der Waals surface area (Å²) in [7, 11) is 0. The number of hydrogen-bond donors (Lipinski definition) is 0. The van der Waals surface area contributed by atoms with Gasteiger partial charge in [0, 0.05) is 12.8 Å². The molecule has 56 valence electrons.